The molecular formula is C34H59N5O7. The zero-order valence-corrected chi connectivity index (χ0v) is 29.0. The highest BCUT2D eigenvalue weighted by Gasteiger charge is 2.44. The number of ether oxygens (including phenoxy) is 1. The number of amides is 4. The zero-order valence-electron chi connectivity index (χ0n) is 29.0. The van der Waals surface area contributed by atoms with E-state index in [0.717, 1.165) is 38.5 Å². The van der Waals surface area contributed by atoms with E-state index in [1.807, 2.05) is 27.7 Å². The van der Waals surface area contributed by atoms with E-state index >= 15 is 0 Å². The van der Waals surface area contributed by atoms with Crippen LogP contribution in [0.3, 0.4) is 0 Å². The molecule has 262 valence electrons. The Labute approximate surface area is 275 Å². The Morgan fingerprint density at radius 3 is 2.26 bits per heavy atom. The molecule has 5 N–H and O–H groups in total. The molecule has 2 unspecified atom stereocenters. The van der Waals surface area contributed by atoms with Gasteiger partial charge in [-0.1, -0.05) is 65.9 Å². The van der Waals surface area contributed by atoms with Gasteiger partial charge in [0.15, 0.2) is 0 Å². The van der Waals surface area contributed by atoms with Gasteiger partial charge in [-0.15, -0.1) is 6.58 Å². The normalized spacial score (nSPS) is 21.8. The molecule has 1 saturated heterocycles. The summed E-state index contributed by atoms with van der Waals surface area (Å²) in [6, 6.07) is -3.96. The number of urea groups is 1. The van der Waals surface area contributed by atoms with Gasteiger partial charge in [-0.25, -0.2) is 9.59 Å². The maximum Gasteiger partial charge on any atom is 0.329 e. The number of ketones is 1. The third kappa shape index (κ3) is 12.0. The number of rotatable bonds is 16. The fourth-order valence-electron chi connectivity index (χ4n) is 6.32. The Hall–Kier alpha value is -2.99. The largest absolute Gasteiger partial charge is 0.458 e. The molecule has 0 aromatic carbocycles. The lowest BCUT2D eigenvalue weighted by Crippen LogP contribution is -2.62. The summed E-state index contributed by atoms with van der Waals surface area (Å²) >= 11 is 0. The van der Waals surface area contributed by atoms with Crippen LogP contribution in [0.5, 0.6) is 0 Å². The van der Waals surface area contributed by atoms with E-state index in [4.69, 9.17) is 4.74 Å². The number of esters is 1. The Kier molecular flexibility index (Phi) is 15.7. The predicted molar refractivity (Wildman–Crippen MR) is 176 cm³/mol. The standard InChI is InChI=1S/C34H59N5O7/c1-9-11-17-24(28(40)30(42)35-18-10-2)36-29(41)25-19-22(5)20-39(25)31(43)27(23-15-13-12-14-16-23)38-33(45)37-26(21(3)4)32(44)46-34(6,7)8/h10,21-27,31,43H,2,9,11-20H2,1,3-8H3,(H,35,42)(H,36,41)(H2,37,38,45)/t22-,24?,25+,26+,27+,31?/m1/s1. The van der Waals surface area contributed by atoms with Crippen LogP contribution in [0.15, 0.2) is 12.7 Å². The van der Waals surface area contributed by atoms with Crippen LogP contribution >= 0.6 is 0 Å². The van der Waals surface area contributed by atoms with Gasteiger partial charge in [0.2, 0.25) is 11.7 Å². The second kappa shape index (κ2) is 18.4. The smallest absolute Gasteiger partial charge is 0.329 e. The number of aliphatic hydroxyl groups is 1. The Bertz CT molecular complexity index is 1050. The fraction of sp³-hybridized carbons (Fsp3) is 0.794. The summed E-state index contributed by atoms with van der Waals surface area (Å²) in [7, 11) is 0. The minimum atomic E-state index is -1.20. The van der Waals surface area contributed by atoms with Crippen molar-refractivity contribution in [3.63, 3.8) is 0 Å². The number of carbonyl (C=O) groups is 5. The number of nitrogens with one attached hydrogen (secondary N) is 4. The maximum atomic E-state index is 13.7. The summed E-state index contributed by atoms with van der Waals surface area (Å²) < 4.78 is 5.53. The molecule has 12 heteroatoms. The van der Waals surface area contributed by atoms with Gasteiger partial charge in [-0.05, 0) is 64.2 Å². The molecule has 6 atom stereocenters. The van der Waals surface area contributed by atoms with Crippen LogP contribution < -0.4 is 21.3 Å². The van der Waals surface area contributed by atoms with Crippen LogP contribution in [0.4, 0.5) is 4.79 Å². The van der Waals surface area contributed by atoms with Crippen molar-refractivity contribution in [3.8, 4) is 0 Å². The molecule has 4 amide bonds. The Balaban J connectivity index is 2.27. The highest BCUT2D eigenvalue weighted by Crippen LogP contribution is 2.32. The molecule has 0 spiro atoms. The van der Waals surface area contributed by atoms with Crippen LogP contribution in [0.25, 0.3) is 0 Å². The lowest BCUT2D eigenvalue weighted by molar-refractivity contribution is -0.158. The summed E-state index contributed by atoms with van der Waals surface area (Å²) in [5.41, 5.74) is -0.721. The van der Waals surface area contributed by atoms with E-state index in [-0.39, 0.29) is 24.3 Å². The first-order valence-electron chi connectivity index (χ1n) is 17.1. The Morgan fingerprint density at radius 1 is 1.04 bits per heavy atom. The monoisotopic (exact) mass is 649 g/mol. The molecule has 12 nitrogen and oxygen atoms in total. The van der Waals surface area contributed by atoms with Crippen molar-refractivity contribution in [3.05, 3.63) is 12.7 Å². The number of unbranched alkanes of at least 4 members (excludes halogenated alkanes) is 1. The number of hydrogen-bond acceptors (Lipinski definition) is 8. The second-order valence-corrected chi connectivity index (χ2v) is 14.3. The summed E-state index contributed by atoms with van der Waals surface area (Å²) in [6.45, 7) is 17.0. The van der Waals surface area contributed by atoms with Gasteiger partial charge >= 0.3 is 12.0 Å². The van der Waals surface area contributed by atoms with Crippen molar-refractivity contribution in [1.82, 2.24) is 26.2 Å². The van der Waals surface area contributed by atoms with Crippen molar-refractivity contribution in [1.29, 1.82) is 0 Å². The molecule has 0 radical (unpaired) electrons. The van der Waals surface area contributed by atoms with Crippen molar-refractivity contribution in [2.45, 2.75) is 142 Å². The summed E-state index contributed by atoms with van der Waals surface area (Å²) in [5, 5.41) is 22.9. The first kappa shape index (κ1) is 39.2. The quantitative estimate of drug-likeness (QED) is 0.0966. The molecule has 1 aliphatic heterocycles. The first-order chi connectivity index (χ1) is 21.6. The molecule has 2 aliphatic rings. The van der Waals surface area contributed by atoms with Crippen LogP contribution in [-0.4, -0.2) is 88.7 Å². The van der Waals surface area contributed by atoms with E-state index in [0.29, 0.717) is 25.8 Å². The molecule has 2 fully saturated rings. The van der Waals surface area contributed by atoms with Gasteiger partial charge in [0.05, 0.1) is 18.1 Å². The maximum absolute atomic E-state index is 13.7. The van der Waals surface area contributed by atoms with Crippen LogP contribution in [0, 0.1) is 17.8 Å². The number of Topliss-reactive ketones (excluding diaryl/α,β-unsaturated/α-hetero) is 1. The highest BCUT2D eigenvalue weighted by atomic mass is 16.6. The average Bonchev–Trinajstić information content (AvgIpc) is 3.39. The van der Waals surface area contributed by atoms with Gasteiger partial charge in [0, 0.05) is 13.1 Å². The number of nitrogens with zero attached hydrogens (tertiary/aromatic N) is 1. The van der Waals surface area contributed by atoms with E-state index < -0.39 is 65.6 Å². The van der Waals surface area contributed by atoms with Gasteiger partial charge in [0.25, 0.3) is 5.91 Å². The summed E-state index contributed by atoms with van der Waals surface area (Å²) in [4.78, 5) is 67.2. The van der Waals surface area contributed by atoms with E-state index in [1.54, 1.807) is 25.7 Å². The molecule has 1 aliphatic carbocycles. The third-order valence-corrected chi connectivity index (χ3v) is 8.69. The number of likely N-dealkylation sites (tertiary alicyclic amines) is 1. The zero-order chi connectivity index (χ0) is 34.6. The minimum absolute atomic E-state index is 0.0411. The molecular weight excluding hydrogens is 590 g/mol. The van der Waals surface area contributed by atoms with Crippen LogP contribution in [0.1, 0.15) is 106 Å². The first-order valence-corrected chi connectivity index (χ1v) is 17.1. The highest BCUT2D eigenvalue weighted by molar-refractivity contribution is 6.38. The number of aliphatic hydroxyl groups excluding tert-OH is 1. The predicted octanol–water partition coefficient (Wildman–Crippen LogP) is 3.18. The van der Waals surface area contributed by atoms with Gasteiger partial charge in [0.1, 0.15) is 17.9 Å². The minimum Gasteiger partial charge on any atom is -0.458 e. The van der Waals surface area contributed by atoms with Gasteiger partial charge in [-0.2, -0.15) is 0 Å². The van der Waals surface area contributed by atoms with Crippen molar-refractivity contribution < 1.29 is 33.8 Å². The lowest BCUT2D eigenvalue weighted by atomic mass is 9.82. The van der Waals surface area contributed by atoms with Crippen molar-refractivity contribution in [2.75, 3.05) is 13.1 Å². The molecule has 46 heavy (non-hydrogen) atoms. The van der Waals surface area contributed by atoms with Crippen LogP contribution in [0.2, 0.25) is 0 Å². The van der Waals surface area contributed by atoms with E-state index in [9.17, 15) is 29.1 Å². The SMILES string of the molecule is C=CCNC(=O)C(=O)C(CCCC)NC(=O)[C@@H]1C[C@@H](C)CN1C(O)[C@@H](NC(=O)N[C@H](C(=O)OC(C)(C)C)C(C)C)C1CCCCC1. The molecule has 0 bridgehead atoms. The van der Waals surface area contributed by atoms with Crippen molar-refractivity contribution in [2.24, 2.45) is 17.8 Å². The summed E-state index contributed by atoms with van der Waals surface area (Å²) in [6.07, 6.45) is 7.04. The second-order valence-electron chi connectivity index (χ2n) is 14.3. The molecule has 0 aromatic heterocycles. The van der Waals surface area contributed by atoms with E-state index in [2.05, 4.69) is 27.8 Å². The third-order valence-electron chi connectivity index (χ3n) is 8.69. The lowest BCUT2D eigenvalue weighted by Gasteiger charge is -2.40. The number of hydrogen-bond donors (Lipinski definition) is 5. The summed E-state index contributed by atoms with van der Waals surface area (Å²) in [5.74, 6) is -2.70. The topological polar surface area (TPSA) is 166 Å². The van der Waals surface area contributed by atoms with Gasteiger partial charge < -0.3 is 31.1 Å². The molecule has 2 rings (SSSR count). The fourth-order valence-corrected chi connectivity index (χ4v) is 6.32. The van der Waals surface area contributed by atoms with Crippen molar-refractivity contribution >= 4 is 29.6 Å². The van der Waals surface area contributed by atoms with E-state index in [1.165, 1.54) is 6.08 Å². The average molecular weight is 650 g/mol. The molecule has 0 aromatic rings. The Morgan fingerprint density at radius 2 is 1.70 bits per heavy atom. The van der Waals surface area contributed by atoms with Crippen LogP contribution in [-0.2, 0) is 23.9 Å². The number of carbonyl (C=O) groups excluding carboxylic acids is 5. The molecule has 1 saturated carbocycles. The van der Waals surface area contributed by atoms with Gasteiger partial charge in [-0.3, -0.25) is 19.3 Å². The molecule has 1 heterocycles.